The molecule has 0 aliphatic heterocycles. The first kappa shape index (κ1) is 24.4. The summed E-state index contributed by atoms with van der Waals surface area (Å²) in [5.74, 6) is -1.59. The first-order valence-corrected chi connectivity index (χ1v) is 12.2. The Bertz CT molecular complexity index is 1220. The number of nitrogens with zero attached hydrogens (tertiary/aromatic N) is 1. The molecule has 0 saturated carbocycles. The SMILES string of the molecule is Cc1nc(NC(=O)OCC2c3ccccc3-c3ccccc32)sc1C(=O)NC(CC(C)C)C(=O)O. The van der Waals surface area contributed by atoms with Crippen molar-refractivity contribution in [2.75, 3.05) is 11.9 Å². The lowest BCUT2D eigenvalue weighted by atomic mass is 9.98. The fourth-order valence-corrected chi connectivity index (χ4v) is 5.15. The van der Waals surface area contributed by atoms with Gasteiger partial charge < -0.3 is 15.2 Å². The summed E-state index contributed by atoms with van der Waals surface area (Å²) in [6.45, 7) is 5.56. The summed E-state index contributed by atoms with van der Waals surface area (Å²) in [5, 5.41) is 14.7. The van der Waals surface area contributed by atoms with E-state index in [2.05, 4.69) is 27.8 Å². The lowest BCUT2D eigenvalue weighted by molar-refractivity contribution is -0.139. The van der Waals surface area contributed by atoms with Crippen LogP contribution in [0, 0.1) is 12.8 Å². The van der Waals surface area contributed by atoms with E-state index in [1.54, 1.807) is 6.92 Å². The average molecular weight is 494 g/mol. The maximum atomic E-state index is 12.6. The highest BCUT2D eigenvalue weighted by molar-refractivity contribution is 7.17. The number of aliphatic carboxylic acids is 1. The first-order valence-electron chi connectivity index (χ1n) is 11.4. The van der Waals surface area contributed by atoms with E-state index in [-0.39, 0.29) is 28.5 Å². The molecule has 35 heavy (non-hydrogen) atoms. The predicted molar refractivity (Wildman–Crippen MR) is 134 cm³/mol. The number of hydrogen-bond acceptors (Lipinski definition) is 6. The molecule has 0 fully saturated rings. The smallest absolute Gasteiger partial charge is 0.413 e. The van der Waals surface area contributed by atoms with Gasteiger partial charge in [-0.25, -0.2) is 14.6 Å². The van der Waals surface area contributed by atoms with Crippen molar-refractivity contribution in [1.29, 1.82) is 0 Å². The number of aryl methyl sites for hydroxylation is 1. The fraction of sp³-hybridized carbons (Fsp3) is 0.308. The molecule has 1 heterocycles. The molecule has 1 aliphatic rings. The van der Waals surface area contributed by atoms with Gasteiger partial charge in [-0.05, 0) is 41.5 Å². The number of ether oxygens (including phenoxy) is 1. The lowest BCUT2D eigenvalue weighted by Gasteiger charge is -2.15. The number of fused-ring (bicyclic) bond motifs is 3. The molecule has 1 aromatic heterocycles. The molecule has 1 aliphatic carbocycles. The Morgan fingerprint density at radius 3 is 2.23 bits per heavy atom. The van der Waals surface area contributed by atoms with Crippen LogP contribution >= 0.6 is 11.3 Å². The van der Waals surface area contributed by atoms with E-state index in [9.17, 15) is 19.5 Å². The van der Waals surface area contributed by atoms with Crippen molar-refractivity contribution >= 4 is 34.4 Å². The van der Waals surface area contributed by atoms with Crippen LogP contribution in [0.3, 0.4) is 0 Å². The van der Waals surface area contributed by atoms with Crippen LogP contribution in [0.1, 0.15) is 52.7 Å². The molecular formula is C26H27N3O5S. The second-order valence-electron chi connectivity index (χ2n) is 8.88. The maximum absolute atomic E-state index is 12.6. The Balaban J connectivity index is 1.40. The summed E-state index contributed by atoms with van der Waals surface area (Å²) in [6.07, 6.45) is -0.361. The Morgan fingerprint density at radius 2 is 1.66 bits per heavy atom. The monoisotopic (exact) mass is 493 g/mol. The highest BCUT2D eigenvalue weighted by Crippen LogP contribution is 2.44. The molecule has 2 amide bonds. The molecule has 0 saturated heterocycles. The van der Waals surface area contributed by atoms with Gasteiger partial charge in [0.2, 0.25) is 0 Å². The largest absolute Gasteiger partial charge is 0.480 e. The Labute approximate surface area is 207 Å². The molecule has 4 rings (SSSR count). The molecule has 182 valence electrons. The highest BCUT2D eigenvalue weighted by Gasteiger charge is 2.29. The van der Waals surface area contributed by atoms with Gasteiger partial charge >= 0.3 is 12.1 Å². The Hall–Kier alpha value is -3.72. The van der Waals surface area contributed by atoms with Gasteiger partial charge in [-0.1, -0.05) is 73.7 Å². The van der Waals surface area contributed by atoms with Gasteiger partial charge in [0, 0.05) is 5.92 Å². The molecule has 2 aromatic carbocycles. The Morgan fingerprint density at radius 1 is 1.06 bits per heavy atom. The quantitative estimate of drug-likeness (QED) is 0.405. The minimum absolute atomic E-state index is 0.0681. The van der Waals surface area contributed by atoms with Crippen LogP contribution in [0.5, 0.6) is 0 Å². The van der Waals surface area contributed by atoms with Crippen molar-refractivity contribution in [2.24, 2.45) is 5.92 Å². The number of amides is 2. The van der Waals surface area contributed by atoms with Crippen LogP contribution in [0.25, 0.3) is 11.1 Å². The van der Waals surface area contributed by atoms with E-state index >= 15 is 0 Å². The molecular weight excluding hydrogens is 466 g/mol. The summed E-state index contributed by atoms with van der Waals surface area (Å²) >= 11 is 0.976. The van der Waals surface area contributed by atoms with Crippen LogP contribution in [0.15, 0.2) is 48.5 Å². The first-order chi connectivity index (χ1) is 16.7. The van der Waals surface area contributed by atoms with Crippen LogP contribution in [0.2, 0.25) is 0 Å². The summed E-state index contributed by atoms with van der Waals surface area (Å²) in [5.41, 5.74) is 4.90. The molecule has 9 heteroatoms. The van der Waals surface area contributed by atoms with Gasteiger partial charge in [-0.2, -0.15) is 0 Å². The average Bonchev–Trinajstić information content (AvgIpc) is 3.34. The summed E-state index contributed by atoms with van der Waals surface area (Å²) in [6, 6.07) is 15.1. The van der Waals surface area contributed by atoms with E-state index < -0.39 is 24.0 Å². The zero-order valence-corrected chi connectivity index (χ0v) is 20.5. The third kappa shape index (κ3) is 5.35. The second-order valence-corrected chi connectivity index (χ2v) is 9.88. The third-order valence-electron chi connectivity index (χ3n) is 5.87. The molecule has 8 nitrogen and oxygen atoms in total. The summed E-state index contributed by atoms with van der Waals surface area (Å²) < 4.78 is 5.53. The van der Waals surface area contributed by atoms with Crippen molar-refractivity contribution in [3.05, 3.63) is 70.2 Å². The number of carbonyl (C=O) groups excluding carboxylic acids is 2. The number of carbonyl (C=O) groups is 3. The number of anilines is 1. The van der Waals surface area contributed by atoms with E-state index in [0.717, 1.165) is 33.6 Å². The zero-order valence-electron chi connectivity index (χ0n) is 19.7. The molecule has 3 aromatic rings. The van der Waals surface area contributed by atoms with Crippen molar-refractivity contribution in [3.8, 4) is 11.1 Å². The van der Waals surface area contributed by atoms with Crippen LogP contribution in [-0.2, 0) is 9.53 Å². The van der Waals surface area contributed by atoms with E-state index in [1.165, 1.54) is 0 Å². The number of rotatable bonds is 8. The van der Waals surface area contributed by atoms with E-state index in [4.69, 9.17) is 4.74 Å². The molecule has 1 unspecified atom stereocenters. The number of nitrogens with one attached hydrogen (secondary N) is 2. The molecule has 0 bridgehead atoms. The van der Waals surface area contributed by atoms with Gasteiger partial charge in [-0.3, -0.25) is 10.1 Å². The number of benzene rings is 2. The van der Waals surface area contributed by atoms with Gasteiger partial charge in [0.15, 0.2) is 5.13 Å². The number of hydrogen-bond donors (Lipinski definition) is 3. The normalized spacial score (nSPS) is 13.1. The maximum Gasteiger partial charge on any atom is 0.413 e. The van der Waals surface area contributed by atoms with Gasteiger partial charge in [0.1, 0.15) is 17.5 Å². The number of thiazole rings is 1. The van der Waals surface area contributed by atoms with Crippen LogP contribution in [0.4, 0.5) is 9.93 Å². The van der Waals surface area contributed by atoms with Crippen molar-refractivity contribution in [2.45, 2.75) is 39.2 Å². The molecule has 3 N–H and O–H groups in total. The zero-order chi connectivity index (χ0) is 25.1. The van der Waals surface area contributed by atoms with Crippen LogP contribution < -0.4 is 10.6 Å². The molecule has 1 atom stereocenters. The lowest BCUT2D eigenvalue weighted by Crippen LogP contribution is -2.41. The second kappa shape index (κ2) is 10.3. The number of aromatic nitrogens is 1. The van der Waals surface area contributed by atoms with Crippen molar-refractivity contribution in [1.82, 2.24) is 10.3 Å². The number of carboxylic acid groups (broad SMARTS) is 1. The predicted octanol–water partition coefficient (Wildman–Crippen LogP) is 5.04. The molecule has 0 radical (unpaired) electrons. The minimum Gasteiger partial charge on any atom is -0.480 e. The standard InChI is InChI=1S/C26H27N3O5S/c1-14(2)12-21(24(31)32)28-23(30)22-15(3)27-25(35-22)29-26(33)34-13-20-18-10-6-4-8-16(18)17-9-5-7-11-19(17)20/h4-11,14,20-21H,12-13H2,1-3H3,(H,28,30)(H,31,32)(H,27,29,33). The van der Waals surface area contributed by atoms with Gasteiger partial charge in [0.25, 0.3) is 5.91 Å². The van der Waals surface area contributed by atoms with Crippen LogP contribution in [-0.4, -0.2) is 40.7 Å². The van der Waals surface area contributed by atoms with Gasteiger partial charge in [-0.15, -0.1) is 0 Å². The molecule has 0 spiro atoms. The summed E-state index contributed by atoms with van der Waals surface area (Å²) in [7, 11) is 0. The number of carboxylic acids is 1. The topological polar surface area (TPSA) is 118 Å². The highest BCUT2D eigenvalue weighted by atomic mass is 32.1. The Kier molecular flexibility index (Phi) is 7.16. The minimum atomic E-state index is -1.09. The van der Waals surface area contributed by atoms with Gasteiger partial charge in [0.05, 0.1) is 5.69 Å². The fourth-order valence-electron chi connectivity index (χ4n) is 4.30. The van der Waals surface area contributed by atoms with Crippen molar-refractivity contribution in [3.63, 3.8) is 0 Å². The summed E-state index contributed by atoms with van der Waals surface area (Å²) in [4.78, 5) is 41.1. The third-order valence-corrected chi connectivity index (χ3v) is 6.94. The van der Waals surface area contributed by atoms with Crippen molar-refractivity contribution < 1.29 is 24.2 Å². The van der Waals surface area contributed by atoms with E-state index in [0.29, 0.717) is 12.1 Å². The van der Waals surface area contributed by atoms with E-state index in [1.807, 2.05) is 50.2 Å².